The minimum absolute atomic E-state index is 0.0306. The Hall–Kier alpha value is -2.47. The van der Waals surface area contributed by atoms with Gasteiger partial charge >= 0.3 is 5.97 Å². The Kier molecular flexibility index (Phi) is 6.69. The molecule has 2 rings (SSSR count). The van der Waals surface area contributed by atoms with Crippen molar-refractivity contribution in [2.45, 2.75) is 39.7 Å². The number of carboxylic acids is 1. The molecule has 0 bridgehead atoms. The summed E-state index contributed by atoms with van der Waals surface area (Å²) in [6, 6.07) is 10.2. The molecule has 2 N–H and O–H groups in total. The van der Waals surface area contributed by atoms with Crippen LogP contribution in [0.2, 0.25) is 0 Å². The van der Waals surface area contributed by atoms with Gasteiger partial charge in [-0.25, -0.2) is 0 Å². The molecule has 0 aliphatic heterocycles. The number of ketones is 1. The van der Waals surface area contributed by atoms with Crippen molar-refractivity contribution in [3.05, 3.63) is 57.3 Å². The minimum Gasteiger partial charge on any atom is -0.481 e. The lowest BCUT2D eigenvalue weighted by Crippen LogP contribution is -2.35. The van der Waals surface area contributed by atoms with Crippen molar-refractivity contribution in [2.24, 2.45) is 5.92 Å². The molecule has 1 amide bonds. The number of carbonyl (C=O) groups is 3. The van der Waals surface area contributed by atoms with Crippen LogP contribution in [0.3, 0.4) is 0 Å². The highest BCUT2D eigenvalue weighted by molar-refractivity contribution is 7.12. The van der Waals surface area contributed by atoms with Gasteiger partial charge in [0.2, 0.25) is 5.91 Å². The summed E-state index contributed by atoms with van der Waals surface area (Å²) in [5.74, 6) is -2.16. The van der Waals surface area contributed by atoms with E-state index >= 15 is 0 Å². The van der Waals surface area contributed by atoms with E-state index in [1.54, 1.807) is 42.5 Å². The lowest BCUT2D eigenvalue weighted by molar-refractivity contribution is -0.142. The molecule has 0 radical (unpaired) electrons. The predicted octanol–water partition coefficient (Wildman–Crippen LogP) is 3.91. The maximum Gasteiger partial charge on any atom is 0.308 e. The average Bonchev–Trinajstić information content (AvgIpc) is 2.96. The molecular formula is C20H23NO4S. The molecule has 1 heterocycles. The van der Waals surface area contributed by atoms with E-state index in [0.717, 1.165) is 15.3 Å². The van der Waals surface area contributed by atoms with Crippen LogP contribution >= 0.6 is 11.3 Å². The SMILES string of the molecule is Cc1cc(C(=O)CCC(=O)NC(c2ccccc2)C(C)C(=O)O)c(C)s1. The number of carboxylic acid groups (broad SMARTS) is 1. The first-order valence-electron chi connectivity index (χ1n) is 8.47. The van der Waals surface area contributed by atoms with Crippen molar-refractivity contribution in [2.75, 3.05) is 0 Å². The molecule has 2 atom stereocenters. The van der Waals surface area contributed by atoms with Crippen LogP contribution in [0.1, 0.15) is 51.5 Å². The second-order valence-corrected chi connectivity index (χ2v) is 7.79. The molecule has 138 valence electrons. The van der Waals surface area contributed by atoms with Crippen LogP contribution in [0, 0.1) is 19.8 Å². The lowest BCUT2D eigenvalue weighted by Gasteiger charge is -2.23. The highest BCUT2D eigenvalue weighted by Crippen LogP contribution is 2.24. The van der Waals surface area contributed by atoms with Crippen LogP contribution < -0.4 is 5.32 Å². The van der Waals surface area contributed by atoms with Crippen molar-refractivity contribution < 1.29 is 19.5 Å². The zero-order chi connectivity index (χ0) is 19.3. The van der Waals surface area contributed by atoms with Gasteiger partial charge in [0.25, 0.3) is 0 Å². The number of carbonyl (C=O) groups excluding carboxylic acids is 2. The number of rotatable bonds is 8. The van der Waals surface area contributed by atoms with Gasteiger partial charge in [-0.1, -0.05) is 30.3 Å². The van der Waals surface area contributed by atoms with Crippen molar-refractivity contribution in [1.82, 2.24) is 5.32 Å². The van der Waals surface area contributed by atoms with E-state index in [1.807, 2.05) is 26.0 Å². The van der Waals surface area contributed by atoms with Crippen LogP contribution in [0.5, 0.6) is 0 Å². The summed E-state index contributed by atoms with van der Waals surface area (Å²) in [6.45, 7) is 5.40. The number of thiophene rings is 1. The number of benzene rings is 1. The number of aryl methyl sites for hydroxylation is 2. The third-order valence-corrected chi connectivity index (χ3v) is 5.25. The van der Waals surface area contributed by atoms with Crippen molar-refractivity contribution >= 4 is 29.0 Å². The highest BCUT2D eigenvalue weighted by Gasteiger charge is 2.27. The van der Waals surface area contributed by atoms with E-state index in [9.17, 15) is 19.5 Å². The Labute approximate surface area is 157 Å². The summed E-state index contributed by atoms with van der Waals surface area (Å²) in [5, 5.41) is 12.1. The largest absolute Gasteiger partial charge is 0.481 e. The number of Topliss-reactive ketones (excluding diaryl/α,β-unsaturated/α-hetero) is 1. The third-order valence-electron chi connectivity index (χ3n) is 4.29. The van der Waals surface area contributed by atoms with Gasteiger partial charge in [0.05, 0.1) is 12.0 Å². The molecule has 0 saturated heterocycles. The van der Waals surface area contributed by atoms with Gasteiger partial charge in [-0.3, -0.25) is 14.4 Å². The molecular weight excluding hydrogens is 350 g/mol. The van der Waals surface area contributed by atoms with Gasteiger partial charge in [-0.2, -0.15) is 0 Å². The zero-order valence-corrected chi connectivity index (χ0v) is 15.9. The smallest absolute Gasteiger partial charge is 0.308 e. The second-order valence-electron chi connectivity index (χ2n) is 6.33. The van der Waals surface area contributed by atoms with E-state index in [1.165, 1.54) is 0 Å². The van der Waals surface area contributed by atoms with Crippen molar-refractivity contribution in [3.63, 3.8) is 0 Å². The van der Waals surface area contributed by atoms with E-state index < -0.39 is 17.9 Å². The Bertz CT molecular complexity index is 797. The molecule has 2 unspecified atom stereocenters. The van der Waals surface area contributed by atoms with Crippen LogP contribution in [0.25, 0.3) is 0 Å². The standard InChI is InChI=1S/C20H23NO4S/c1-12-11-16(14(3)26-12)17(22)9-10-18(23)21-19(13(2)20(24)25)15-7-5-4-6-8-15/h4-8,11,13,19H,9-10H2,1-3H3,(H,21,23)(H,24,25). The minimum atomic E-state index is -0.986. The molecule has 26 heavy (non-hydrogen) atoms. The van der Waals surface area contributed by atoms with Crippen LogP contribution in [0.15, 0.2) is 36.4 Å². The molecule has 0 spiro atoms. The molecule has 0 saturated carbocycles. The van der Waals surface area contributed by atoms with Gasteiger partial charge in [-0.15, -0.1) is 11.3 Å². The zero-order valence-electron chi connectivity index (χ0n) is 15.1. The third kappa shape index (κ3) is 5.02. The van der Waals surface area contributed by atoms with Gasteiger partial charge in [0.1, 0.15) is 0 Å². The molecule has 5 nitrogen and oxygen atoms in total. The first-order valence-corrected chi connectivity index (χ1v) is 9.28. The Morgan fingerprint density at radius 3 is 2.31 bits per heavy atom. The number of hydrogen-bond acceptors (Lipinski definition) is 4. The summed E-state index contributed by atoms with van der Waals surface area (Å²) >= 11 is 1.56. The highest BCUT2D eigenvalue weighted by atomic mass is 32.1. The van der Waals surface area contributed by atoms with Gasteiger partial charge in [0, 0.05) is 28.2 Å². The van der Waals surface area contributed by atoms with Crippen molar-refractivity contribution in [3.8, 4) is 0 Å². The van der Waals surface area contributed by atoms with Gasteiger partial charge < -0.3 is 10.4 Å². The molecule has 0 aliphatic rings. The normalized spacial score (nSPS) is 13.0. The molecule has 1 aromatic heterocycles. The monoisotopic (exact) mass is 373 g/mol. The first kappa shape index (κ1) is 19.8. The number of aliphatic carboxylic acids is 1. The summed E-state index contributed by atoms with van der Waals surface area (Å²) in [4.78, 5) is 38.0. The van der Waals surface area contributed by atoms with Gasteiger partial charge in [-0.05, 0) is 32.4 Å². The lowest BCUT2D eigenvalue weighted by atomic mass is 9.94. The number of hydrogen-bond donors (Lipinski definition) is 2. The molecule has 0 fully saturated rings. The Morgan fingerprint density at radius 1 is 1.12 bits per heavy atom. The fourth-order valence-corrected chi connectivity index (χ4v) is 3.76. The predicted molar refractivity (Wildman–Crippen MR) is 101 cm³/mol. The maximum atomic E-state index is 12.3. The average molecular weight is 373 g/mol. The summed E-state index contributed by atoms with van der Waals surface area (Å²) in [7, 11) is 0. The Balaban J connectivity index is 2.02. The topological polar surface area (TPSA) is 83.5 Å². The summed E-state index contributed by atoms with van der Waals surface area (Å²) < 4.78 is 0. The van der Waals surface area contributed by atoms with Crippen LogP contribution in [-0.4, -0.2) is 22.8 Å². The quantitative estimate of drug-likeness (QED) is 0.687. The summed E-state index contributed by atoms with van der Waals surface area (Å²) in [5.41, 5.74) is 1.39. The summed E-state index contributed by atoms with van der Waals surface area (Å²) in [6.07, 6.45) is 0.134. The molecule has 0 aliphatic carbocycles. The van der Waals surface area contributed by atoms with Gasteiger partial charge in [0.15, 0.2) is 5.78 Å². The van der Waals surface area contributed by atoms with E-state index in [2.05, 4.69) is 5.32 Å². The number of amides is 1. The molecule has 1 aromatic carbocycles. The Morgan fingerprint density at radius 2 is 1.77 bits per heavy atom. The second kappa shape index (κ2) is 8.76. The number of nitrogens with one attached hydrogen (secondary N) is 1. The van der Waals surface area contributed by atoms with E-state index in [0.29, 0.717) is 5.56 Å². The molecule has 2 aromatic rings. The van der Waals surface area contributed by atoms with Crippen LogP contribution in [-0.2, 0) is 9.59 Å². The first-order chi connectivity index (χ1) is 12.3. The fourth-order valence-electron chi connectivity index (χ4n) is 2.81. The fraction of sp³-hybridized carbons (Fsp3) is 0.350. The maximum absolute atomic E-state index is 12.3. The van der Waals surface area contributed by atoms with Crippen LogP contribution in [0.4, 0.5) is 0 Å². The van der Waals surface area contributed by atoms with Crippen molar-refractivity contribution in [1.29, 1.82) is 0 Å². The van der Waals surface area contributed by atoms with E-state index in [-0.39, 0.29) is 24.5 Å². The molecule has 6 heteroatoms. The van der Waals surface area contributed by atoms with E-state index in [4.69, 9.17) is 0 Å².